The summed E-state index contributed by atoms with van der Waals surface area (Å²) in [6.07, 6.45) is 3.07. The molecule has 110 valence electrons. The van der Waals surface area contributed by atoms with Crippen LogP contribution < -0.4 is 10.6 Å². The minimum absolute atomic E-state index is 0.0259. The quantitative estimate of drug-likeness (QED) is 0.553. The molecule has 0 atom stereocenters. The first-order chi connectivity index (χ1) is 10.1. The van der Waals surface area contributed by atoms with Crippen LogP contribution in [0.25, 0.3) is 0 Å². The third-order valence-corrected chi connectivity index (χ3v) is 2.81. The Balaban J connectivity index is 2.20. The zero-order chi connectivity index (χ0) is 15.2. The van der Waals surface area contributed by atoms with Crippen LogP contribution in [0.4, 0.5) is 11.4 Å². The largest absolute Gasteiger partial charge is 0.385 e. The minimum Gasteiger partial charge on any atom is -0.385 e. The maximum Gasteiger partial charge on any atom is 0.282 e. The standard InChI is InChI=1S/C13H15N5O3/c1-2-15-9-3-4-12(18(20)21)11(5-9)13(19)16-7-10-6-14-8-17-10/h3-6,8,15H,2,7H2,1H3,(H,14,17)(H,16,19). The van der Waals surface area contributed by atoms with Gasteiger partial charge >= 0.3 is 0 Å². The molecule has 1 heterocycles. The van der Waals surface area contributed by atoms with E-state index in [4.69, 9.17) is 0 Å². The fourth-order valence-corrected chi connectivity index (χ4v) is 1.84. The number of aromatic amines is 1. The van der Waals surface area contributed by atoms with Crippen LogP contribution in [0.1, 0.15) is 23.0 Å². The monoisotopic (exact) mass is 289 g/mol. The number of hydrogen-bond acceptors (Lipinski definition) is 5. The Labute approximate surface area is 120 Å². The molecule has 0 aliphatic heterocycles. The Bertz CT molecular complexity index is 639. The van der Waals surface area contributed by atoms with Crippen molar-refractivity contribution in [3.63, 3.8) is 0 Å². The zero-order valence-corrected chi connectivity index (χ0v) is 11.4. The van der Waals surface area contributed by atoms with E-state index in [-0.39, 0.29) is 17.8 Å². The maximum atomic E-state index is 12.1. The molecule has 0 radical (unpaired) electrons. The van der Waals surface area contributed by atoms with Crippen LogP contribution >= 0.6 is 0 Å². The van der Waals surface area contributed by atoms with Crippen LogP contribution in [-0.2, 0) is 6.54 Å². The Morgan fingerprint density at radius 3 is 2.90 bits per heavy atom. The molecule has 0 saturated carbocycles. The summed E-state index contributed by atoms with van der Waals surface area (Å²) < 4.78 is 0. The smallest absolute Gasteiger partial charge is 0.282 e. The van der Waals surface area contributed by atoms with Gasteiger partial charge in [0.05, 0.1) is 23.5 Å². The first-order valence-corrected chi connectivity index (χ1v) is 6.39. The van der Waals surface area contributed by atoms with Crippen LogP contribution in [0.2, 0.25) is 0 Å². The van der Waals surface area contributed by atoms with Crippen molar-refractivity contribution in [2.45, 2.75) is 13.5 Å². The molecular formula is C13H15N5O3. The molecule has 1 amide bonds. The number of nitrogens with zero attached hydrogens (tertiary/aromatic N) is 2. The van der Waals surface area contributed by atoms with Gasteiger partial charge in [0.25, 0.3) is 11.6 Å². The third-order valence-electron chi connectivity index (χ3n) is 2.81. The van der Waals surface area contributed by atoms with Crippen molar-refractivity contribution in [2.75, 3.05) is 11.9 Å². The molecule has 8 nitrogen and oxygen atoms in total. The van der Waals surface area contributed by atoms with E-state index in [1.54, 1.807) is 12.3 Å². The lowest BCUT2D eigenvalue weighted by molar-refractivity contribution is -0.385. The van der Waals surface area contributed by atoms with Crippen molar-refractivity contribution >= 4 is 17.3 Å². The van der Waals surface area contributed by atoms with E-state index in [1.807, 2.05) is 6.92 Å². The second-order valence-electron chi connectivity index (χ2n) is 4.28. The first-order valence-electron chi connectivity index (χ1n) is 6.39. The van der Waals surface area contributed by atoms with Crippen LogP contribution in [0.15, 0.2) is 30.7 Å². The van der Waals surface area contributed by atoms with Gasteiger partial charge in [0.2, 0.25) is 0 Å². The molecule has 0 spiro atoms. The highest BCUT2D eigenvalue weighted by molar-refractivity contribution is 5.99. The fraction of sp³-hybridized carbons (Fsp3) is 0.231. The lowest BCUT2D eigenvalue weighted by Gasteiger charge is -2.08. The summed E-state index contributed by atoms with van der Waals surface area (Å²) in [5.41, 5.74) is 1.18. The number of rotatable bonds is 6. The van der Waals surface area contributed by atoms with Gasteiger partial charge in [-0.05, 0) is 19.1 Å². The van der Waals surface area contributed by atoms with Crippen LogP contribution in [0, 0.1) is 10.1 Å². The van der Waals surface area contributed by atoms with E-state index < -0.39 is 10.8 Å². The van der Waals surface area contributed by atoms with Crippen molar-refractivity contribution in [3.05, 3.63) is 52.1 Å². The molecule has 2 aromatic rings. The molecular weight excluding hydrogens is 274 g/mol. The lowest BCUT2D eigenvalue weighted by Crippen LogP contribution is -2.24. The number of imidazole rings is 1. The van der Waals surface area contributed by atoms with Gasteiger partial charge in [-0.1, -0.05) is 0 Å². The van der Waals surface area contributed by atoms with E-state index >= 15 is 0 Å². The van der Waals surface area contributed by atoms with E-state index in [0.717, 1.165) is 0 Å². The summed E-state index contributed by atoms with van der Waals surface area (Å²) in [4.78, 5) is 29.3. The minimum atomic E-state index is -0.569. The molecule has 0 unspecified atom stereocenters. The summed E-state index contributed by atoms with van der Waals surface area (Å²) in [5, 5.41) is 16.7. The molecule has 3 N–H and O–H groups in total. The highest BCUT2D eigenvalue weighted by Crippen LogP contribution is 2.22. The number of H-pyrrole nitrogens is 1. The van der Waals surface area contributed by atoms with Gasteiger partial charge in [-0.2, -0.15) is 0 Å². The molecule has 0 saturated heterocycles. The number of carbonyl (C=O) groups excluding carboxylic acids is 1. The second-order valence-corrected chi connectivity index (χ2v) is 4.28. The number of nitro benzene ring substituents is 1. The predicted molar refractivity (Wildman–Crippen MR) is 77.0 cm³/mol. The number of amides is 1. The number of nitro groups is 1. The molecule has 0 aliphatic rings. The van der Waals surface area contributed by atoms with Gasteiger partial charge in [0.1, 0.15) is 5.56 Å². The van der Waals surface area contributed by atoms with Gasteiger partial charge in [0.15, 0.2) is 0 Å². The first kappa shape index (κ1) is 14.5. The molecule has 0 bridgehead atoms. The number of hydrogen-bond donors (Lipinski definition) is 3. The van der Waals surface area contributed by atoms with Crippen LogP contribution in [-0.4, -0.2) is 27.3 Å². The fourth-order valence-electron chi connectivity index (χ4n) is 1.84. The van der Waals surface area contributed by atoms with Gasteiger partial charge in [-0.3, -0.25) is 14.9 Å². The van der Waals surface area contributed by atoms with E-state index in [1.165, 1.54) is 18.5 Å². The summed E-state index contributed by atoms with van der Waals surface area (Å²) in [6.45, 7) is 2.79. The second kappa shape index (κ2) is 6.51. The van der Waals surface area contributed by atoms with Gasteiger partial charge < -0.3 is 15.6 Å². The number of aromatic nitrogens is 2. The number of benzene rings is 1. The highest BCUT2D eigenvalue weighted by atomic mass is 16.6. The average Bonchev–Trinajstić information content (AvgIpc) is 2.98. The number of anilines is 1. The molecule has 21 heavy (non-hydrogen) atoms. The molecule has 0 fully saturated rings. The van der Waals surface area contributed by atoms with Crippen molar-refractivity contribution in [1.29, 1.82) is 0 Å². The van der Waals surface area contributed by atoms with E-state index in [0.29, 0.717) is 17.9 Å². The SMILES string of the molecule is CCNc1ccc([N+](=O)[O-])c(C(=O)NCc2cnc[nH]2)c1. The van der Waals surface area contributed by atoms with Crippen LogP contribution in [0.3, 0.4) is 0 Å². The molecule has 2 rings (SSSR count). The van der Waals surface area contributed by atoms with Crippen LogP contribution in [0.5, 0.6) is 0 Å². The van der Waals surface area contributed by atoms with Gasteiger partial charge in [0, 0.05) is 24.5 Å². The summed E-state index contributed by atoms with van der Waals surface area (Å²) in [5.74, 6) is -0.504. The molecule has 8 heteroatoms. The number of carbonyl (C=O) groups is 1. The third kappa shape index (κ3) is 3.56. The van der Waals surface area contributed by atoms with Crippen molar-refractivity contribution in [3.8, 4) is 0 Å². The zero-order valence-electron chi connectivity index (χ0n) is 11.4. The summed E-state index contributed by atoms with van der Waals surface area (Å²) in [6, 6.07) is 4.38. The lowest BCUT2D eigenvalue weighted by atomic mass is 10.1. The highest BCUT2D eigenvalue weighted by Gasteiger charge is 2.20. The Hall–Kier alpha value is -2.90. The van der Waals surface area contributed by atoms with Gasteiger partial charge in [-0.15, -0.1) is 0 Å². The van der Waals surface area contributed by atoms with Crippen molar-refractivity contribution in [2.24, 2.45) is 0 Å². The van der Waals surface area contributed by atoms with Crippen molar-refractivity contribution < 1.29 is 9.72 Å². The predicted octanol–water partition coefficient (Wildman–Crippen LogP) is 1.68. The topological polar surface area (TPSA) is 113 Å². The molecule has 0 aliphatic carbocycles. The van der Waals surface area contributed by atoms with Gasteiger partial charge in [-0.25, -0.2) is 4.98 Å². The summed E-state index contributed by atoms with van der Waals surface area (Å²) in [7, 11) is 0. The molecule has 1 aromatic carbocycles. The normalized spacial score (nSPS) is 10.1. The Morgan fingerprint density at radius 2 is 2.29 bits per heavy atom. The number of nitrogens with one attached hydrogen (secondary N) is 3. The van der Waals surface area contributed by atoms with Crippen molar-refractivity contribution in [1.82, 2.24) is 15.3 Å². The average molecular weight is 289 g/mol. The van der Waals surface area contributed by atoms with E-state index in [9.17, 15) is 14.9 Å². The summed E-state index contributed by atoms with van der Waals surface area (Å²) >= 11 is 0. The maximum absolute atomic E-state index is 12.1. The molecule has 1 aromatic heterocycles. The Kier molecular flexibility index (Phi) is 4.50. The Morgan fingerprint density at radius 1 is 1.48 bits per heavy atom. The van der Waals surface area contributed by atoms with E-state index in [2.05, 4.69) is 20.6 Å².